The van der Waals surface area contributed by atoms with Crippen molar-refractivity contribution in [2.24, 2.45) is 5.73 Å². The Bertz CT molecular complexity index is 375. The molecule has 0 spiro atoms. The van der Waals surface area contributed by atoms with Crippen molar-refractivity contribution in [2.75, 3.05) is 25.9 Å². The number of nitrogens with two attached hydrogens (primary N) is 1. The molecule has 4 heteroatoms. The highest BCUT2D eigenvalue weighted by molar-refractivity contribution is 7.99. The summed E-state index contributed by atoms with van der Waals surface area (Å²) >= 11 is 2.00. The van der Waals surface area contributed by atoms with Crippen LogP contribution in [0.1, 0.15) is 30.0 Å². The Labute approximate surface area is 114 Å². The van der Waals surface area contributed by atoms with Crippen LogP contribution in [0, 0.1) is 6.92 Å². The van der Waals surface area contributed by atoms with Crippen molar-refractivity contribution in [1.82, 2.24) is 9.88 Å². The monoisotopic (exact) mass is 265 g/mol. The molecule has 100 valence electrons. The van der Waals surface area contributed by atoms with Crippen LogP contribution in [0.25, 0.3) is 0 Å². The molecule has 1 aliphatic heterocycles. The van der Waals surface area contributed by atoms with Crippen molar-refractivity contribution in [3.05, 3.63) is 29.6 Å². The highest BCUT2D eigenvalue weighted by Crippen LogP contribution is 2.28. The predicted molar refractivity (Wildman–Crippen MR) is 78.9 cm³/mol. The van der Waals surface area contributed by atoms with Gasteiger partial charge in [0.2, 0.25) is 0 Å². The summed E-state index contributed by atoms with van der Waals surface area (Å²) in [6.45, 7) is 5.13. The Hall–Kier alpha value is -0.580. The van der Waals surface area contributed by atoms with E-state index < -0.39 is 0 Å². The minimum absolute atomic E-state index is 0.335. The van der Waals surface area contributed by atoms with Crippen molar-refractivity contribution in [3.63, 3.8) is 0 Å². The van der Waals surface area contributed by atoms with Crippen molar-refractivity contribution >= 4 is 11.8 Å². The first-order chi connectivity index (χ1) is 8.76. The number of thioether (sulfide) groups is 1. The highest BCUT2D eigenvalue weighted by atomic mass is 32.2. The molecule has 1 fully saturated rings. The summed E-state index contributed by atoms with van der Waals surface area (Å²) in [5, 5.41) is 0.828. The predicted octanol–water partition coefficient (Wildman–Crippen LogP) is 2.22. The van der Waals surface area contributed by atoms with Crippen molar-refractivity contribution < 1.29 is 0 Å². The molecule has 18 heavy (non-hydrogen) atoms. The fourth-order valence-electron chi connectivity index (χ4n) is 2.72. The minimum atomic E-state index is 0.335. The zero-order chi connectivity index (χ0) is 13.0. The van der Waals surface area contributed by atoms with Gasteiger partial charge in [-0.25, -0.2) is 0 Å². The molecule has 1 saturated heterocycles. The maximum absolute atomic E-state index is 6.00. The second-order valence-corrected chi connectivity index (χ2v) is 6.09. The van der Waals surface area contributed by atoms with Gasteiger partial charge in [-0.3, -0.25) is 9.88 Å². The molecule has 0 radical (unpaired) electrons. The summed E-state index contributed by atoms with van der Waals surface area (Å²) in [6.07, 6.45) is 8.60. The van der Waals surface area contributed by atoms with E-state index in [9.17, 15) is 0 Å². The molecule has 0 aromatic carbocycles. The van der Waals surface area contributed by atoms with Gasteiger partial charge in [0, 0.05) is 30.2 Å². The van der Waals surface area contributed by atoms with Gasteiger partial charge in [0.15, 0.2) is 0 Å². The number of likely N-dealkylation sites (tertiary alicyclic amines) is 1. The quantitative estimate of drug-likeness (QED) is 0.906. The first-order valence-corrected chi connectivity index (χ1v) is 7.92. The molecule has 2 heterocycles. The number of piperidine rings is 1. The van der Waals surface area contributed by atoms with E-state index in [1.807, 2.05) is 24.2 Å². The number of hydrogen-bond donors (Lipinski definition) is 1. The van der Waals surface area contributed by atoms with E-state index in [0.29, 0.717) is 12.6 Å². The lowest BCUT2D eigenvalue weighted by Gasteiger charge is -2.37. The van der Waals surface area contributed by atoms with Crippen LogP contribution in [0.15, 0.2) is 18.5 Å². The maximum atomic E-state index is 6.00. The first kappa shape index (κ1) is 13.8. The Morgan fingerprint density at radius 3 is 2.78 bits per heavy atom. The van der Waals surface area contributed by atoms with E-state index in [1.165, 1.54) is 24.0 Å². The van der Waals surface area contributed by atoms with E-state index in [1.54, 1.807) is 0 Å². The Morgan fingerprint density at radius 1 is 1.50 bits per heavy atom. The number of rotatable bonds is 4. The van der Waals surface area contributed by atoms with Gasteiger partial charge in [-0.1, -0.05) is 0 Å². The molecular formula is C14H23N3S. The molecule has 1 aromatic rings. The Balaban J connectivity index is 2.08. The molecule has 0 bridgehead atoms. The van der Waals surface area contributed by atoms with Gasteiger partial charge in [-0.05, 0) is 56.3 Å². The third-order valence-corrected chi connectivity index (χ3v) is 5.05. The van der Waals surface area contributed by atoms with Crippen LogP contribution in [-0.2, 0) is 0 Å². The standard InChI is InChI=1S/C14H23N3S/c1-11-3-6-16-10-13(11)14(9-15)17-7-4-12(18-2)5-8-17/h3,6,10,12,14H,4-5,7-9,15H2,1-2H3. The summed E-state index contributed by atoms with van der Waals surface area (Å²) in [5.74, 6) is 0. The van der Waals surface area contributed by atoms with E-state index in [4.69, 9.17) is 5.73 Å². The van der Waals surface area contributed by atoms with Gasteiger partial charge in [-0.15, -0.1) is 0 Å². The summed E-state index contributed by atoms with van der Waals surface area (Å²) in [5.41, 5.74) is 8.59. The molecule has 3 nitrogen and oxygen atoms in total. The molecule has 1 aromatic heterocycles. The first-order valence-electron chi connectivity index (χ1n) is 6.63. The van der Waals surface area contributed by atoms with E-state index >= 15 is 0 Å². The molecule has 2 N–H and O–H groups in total. The van der Waals surface area contributed by atoms with Crippen LogP contribution >= 0.6 is 11.8 Å². The molecule has 1 unspecified atom stereocenters. The normalized spacial score (nSPS) is 19.9. The van der Waals surface area contributed by atoms with Crippen LogP contribution in [0.5, 0.6) is 0 Å². The summed E-state index contributed by atoms with van der Waals surface area (Å²) in [6, 6.07) is 2.41. The molecule has 1 atom stereocenters. The number of pyridine rings is 1. The summed E-state index contributed by atoms with van der Waals surface area (Å²) in [4.78, 5) is 6.78. The van der Waals surface area contributed by atoms with Gasteiger partial charge in [0.1, 0.15) is 0 Å². The summed E-state index contributed by atoms with van der Waals surface area (Å²) in [7, 11) is 0. The summed E-state index contributed by atoms with van der Waals surface area (Å²) < 4.78 is 0. The second kappa shape index (κ2) is 6.55. The zero-order valence-corrected chi connectivity index (χ0v) is 12.1. The maximum Gasteiger partial charge on any atom is 0.0488 e. The number of hydrogen-bond acceptors (Lipinski definition) is 4. The van der Waals surface area contributed by atoms with Crippen LogP contribution in [0.4, 0.5) is 0 Å². The largest absolute Gasteiger partial charge is 0.329 e. The van der Waals surface area contributed by atoms with Crippen LogP contribution in [-0.4, -0.2) is 41.0 Å². The number of nitrogens with zero attached hydrogens (tertiary/aromatic N) is 2. The molecule has 1 aliphatic rings. The van der Waals surface area contributed by atoms with Gasteiger partial charge in [0.25, 0.3) is 0 Å². The van der Waals surface area contributed by atoms with Crippen LogP contribution < -0.4 is 5.73 Å². The second-order valence-electron chi connectivity index (χ2n) is 4.95. The van der Waals surface area contributed by atoms with Crippen molar-refractivity contribution in [3.8, 4) is 0 Å². The molecule has 2 rings (SSSR count). The fourth-order valence-corrected chi connectivity index (χ4v) is 3.40. The number of aromatic nitrogens is 1. The van der Waals surface area contributed by atoms with Crippen LogP contribution in [0.2, 0.25) is 0 Å². The van der Waals surface area contributed by atoms with E-state index in [-0.39, 0.29) is 0 Å². The van der Waals surface area contributed by atoms with E-state index in [2.05, 4.69) is 29.1 Å². The third kappa shape index (κ3) is 3.05. The fraction of sp³-hybridized carbons (Fsp3) is 0.643. The Morgan fingerprint density at radius 2 is 2.22 bits per heavy atom. The Kier molecular flexibility index (Phi) is 5.03. The lowest BCUT2D eigenvalue weighted by atomic mass is 9.99. The molecule has 0 amide bonds. The minimum Gasteiger partial charge on any atom is -0.329 e. The average Bonchev–Trinajstić information content (AvgIpc) is 2.42. The van der Waals surface area contributed by atoms with Gasteiger partial charge < -0.3 is 5.73 Å². The van der Waals surface area contributed by atoms with Gasteiger partial charge in [-0.2, -0.15) is 11.8 Å². The van der Waals surface area contributed by atoms with Gasteiger partial charge >= 0.3 is 0 Å². The third-order valence-electron chi connectivity index (χ3n) is 3.91. The van der Waals surface area contributed by atoms with Gasteiger partial charge in [0.05, 0.1) is 0 Å². The SMILES string of the molecule is CSC1CCN(C(CN)c2cnccc2C)CC1. The molecule has 0 aliphatic carbocycles. The van der Waals surface area contributed by atoms with E-state index in [0.717, 1.165) is 18.3 Å². The molecular weight excluding hydrogens is 242 g/mol. The number of aryl methyl sites for hydroxylation is 1. The van der Waals surface area contributed by atoms with Crippen LogP contribution in [0.3, 0.4) is 0 Å². The lowest BCUT2D eigenvalue weighted by molar-refractivity contribution is 0.170. The smallest absolute Gasteiger partial charge is 0.0488 e. The zero-order valence-electron chi connectivity index (χ0n) is 11.3. The molecule has 0 saturated carbocycles. The topological polar surface area (TPSA) is 42.1 Å². The average molecular weight is 265 g/mol. The van der Waals surface area contributed by atoms with Crippen molar-refractivity contribution in [2.45, 2.75) is 31.1 Å². The van der Waals surface area contributed by atoms with Crippen molar-refractivity contribution in [1.29, 1.82) is 0 Å². The highest BCUT2D eigenvalue weighted by Gasteiger charge is 2.25. The lowest BCUT2D eigenvalue weighted by Crippen LogP contribution is -2.40.